The van der Waals surface area contributed by atoms with Crippen LogP contribution in [0.25, 0.3) is 0 Å². The van der Waals surface area contributed by atoms with E-state index in [2.05, 4.69) is 13.8 Å². The standard InChI is InChI=1S/C15H23NO2S2/c1-3-5-12-16(11-4-2)15(17)20(19-18)13-14-9-7-6-8-10-14/h6-10H,3-5,11-13H2,1-2H3. The zero-order valence-corrected chi connectivity index (χ0v) is 13.8. The largest absolute Gasteiger partial charge is 0.333 e. The van der Waals surface area contributed by atoms with E-state index in [1.807, 2.05) is 35.2 Å². The van der Waals surface area contributed by atoms with Crippen molar-refractivity contribution >= 4 is 24.9 Å². The van der Waals surface area contributed by atoms with Crippen molar-refractivity contribution in [3.63, 3.8) is 0 Å². The van der Waals surface area contributed by atoms with E-state index in [0.717, 1.165) is 37.9 Å². The predicted molar refractivity (Wildman–Crippen MR) is 87.8 cm³/mol. The molecule has 0 saturated carbocycles. The highest BCUT2D eigenvalue weighted by Crippen LogP contribution is 2.09. The summed E-state index contributed by atoms with van der Waals surface area (Å²) in [7, 11) is -0.367. The third kappa shape index (κ3) is 5.59. The molecule has 1 aromatic carbocycles. The summed E-state index contributed by atoms with van der Waals surface area (Å²) in [5.74, 6) is 0.542. The molecule has 0 bridgehead atoms. The number of unbranched alkanes of at least 4 members (excludes halogenated alkanes) is 1. The molecule has 3 nitrogen and oxygen atoms in total. The fourth-order valence-corrected chi connectivity index (χ4v) is 4.14. The molecule has 1 atom stereocenters. The number of rotatable bonds is 7. The first-order valence-electron chi connectivity index (χ1n) is 7.06. The molecule has 0 aliphatic carbocycles. The van der Waals surface area contributed by atoms with Crippen LogP contribution in [0.15, 0.2) is 30.3 Å². The van der Waals surface area contributed by atoms with Crippen LogP contribution in [0.1, 0.15) is 38.7 Å². The van der Waals surface area contributed by atoms with Crippen LogP contribution in [0.2, 0.25) is 0 Å². The molecule has 0 saturated heterocycles. The molecular weight excluding hydrogens is 290 g/mol. The highest BCUT2D eigenvalue weighted by atomic mass is 32.8. The number of hydrogen-bond acceptors (Lipinski definition) is 2. The summed E-state index contributed by atoms with van der Waals surface area (Å²) < 4.78 is 11.3. The highest BCUT2D eigenvalue weighted by Gasteiger charge is 2.17. The Hall–Kier alpha value is -0.940. The molecule has 0 fully saturated rings. The van der Waals surface area contributed by atoms with Gasteiger partial charge in [0, 0.05) is 28.3 Å². The highest BCUT2D eigenvalue weighted by molar-refractivity contribution is 8.38. The van der Waals surface area contributed by atoms with E-state index in [4.69, 9.17) is 0 Å². The molecule has 1 unspecified atom stereocenters. The van der Waals surface area contributed by atoms with Crippen molar-refractivity contribution in [2.45, 2.75) is 38.9 Å². The minimum atomic E-state index is -0.814. The Kier molecular flexibility index (Phi) is 8.46. The molecule has 0 radical (unpaired) electrons. The van der Waals surface area contributed by atoms with Crippen molar-refractivity contribution in [2.75, 3.05) is 13.1 Å². The minimum absolute atomic E-state index is 0.0177. The van der Waals surface area contributed by atoms with Gasteiger partial charge in [0.25, 0.3) is 5.24 Å². The summed E-state index contributed by atoms with van der Waals surface area (Å²) in [5, 5.41) is 0.0177. The lowest BCUT2D eigenvalue weighted by Crippen LogP contribution is -2.34. The number of carbonyl (C=O) groups excluding carboxylic acids is 1. The van der Waals surface area contributed by atoms with Gasteiger partial charge in [0.2, 0.25) is 0 Å². The Labute approximate surface area is 127 Å². The van der Waals surface area contributed by atoms with Gasteiger partial charge in [-0.3, -0.25) is 4.79 Å². The molecule has 1 amide bonds. The van der Waals surface area contributed by atoms with E-state index < -0.39 is 9.45 Å². The summed E-state index contributed by atoms with van der Waals surface area (Å²) in [6.45, 7) is 5.69. The monoisotopic (exact) mass is 313 g/mol. The third-order valence-electron chi connectivity index (χ3n) is 2.95. The van der Waals surface area contributed by atoms with E-state index in [1.54, 1.807) is 0 Å². The van der Waals surface area contributed by atoms with Gasteiger partial charge >= 0.3 is 0 Å². The number of hydrogen-bond donors (Lipinski definition) is 0. The van der Waals surface area contributed by atoms with E-state index >= 15 is 0 Å². The van der Waals surface area contributed by atoms with Crippen LogP contribution < -0.4 is 0 Å². The van der Waals surface area contributed by atoms with Gasteiger partial charge in [-0.1, -0.05) is 50.6 Å². The van der Waals surface area contributed by atoms with Gasteiger partial charge in [-0.05, 0) is 18.4 Å². The third-order valence-corrected chi connectivity index (χ3v) is 5.63. The van der Waals surface area contributed by atoms with E-state index in [1.165, 1.54) is 0 Å². The average Bonchev–Trinajstić information content (AvgIpc) is 2.49. The van der Waals surface area contributed by atoms with Gasteiger partial charge in [0.05, 0.1) is 0 Å². The minimum Gasteiger partial charge on any atom is -0.333 e. The molecule has 112 valence electrons. The molecule has 20 heavy (non-hydrogen) atoms. The maximum Gasteiger partial charge on any atom is 0.288 e. The van der Waals surface area contributed by atoms with Crippen molar-refractivity contribution < 1.29 is 9.00 Å². The van der Waals surface area contributed by atoms with Crippen molar-refractivity contribution in [2.24, 2.45) is 0 Å². The van der Waals surface area contributed by atoms with Crippen molar-refractivity contribution in [3.05, 3.63) is 35.9 Å². The second kappa shape index (κ2) is 9.88. The fourth-order valence-electron chi connectivity index (χ4n) is 1.90. The normalized spacial score (nSPS) is 11.9. The molecule has 0 heterocycles. The van der Waals surface area contributed by atoms with Crippen molar-refractivity contribution in [1.29, 1.82) is 0 Å². The molecule has 0 spiro atoms. The molecule has 1 aromatic rings. The maximum absolute atomic E-state index is 12.5. The summed E-state index contributed by atoms with van der Waals surface area (Å²) in [6, 6.07) is 9.77. The first-order valence-corrected chi connectivity index (χ1v) is 9.72. The molecule has 5 heteroatoms. The van der Waals surface area contributed by atoms with Crippen LogP contribution in [0, 0.1) is 0 Å². The fraction of sp³-hybridized carbons (Fsp3) is 0.533. The topological polar surface area (TPSA) is 37.4 Å². The second-order valence-corrected chi connectivity index (χ2v) is 7.73. The van der Waals surface area contributed by atoms with Gasteiger partial charge in [0.1, 0.15) is 10.2 Å². The molecule has 1 rings (SSSR count). The number of carbonyl (C=O) groups is 1. The number of benzene rings is 1. The van der Waals surface area contributed by atoms with Crippen LogP contribution in [-0.4, -0.2) is 27.4 Å². The van der Waals surface area contributed by atoms with Gasteiger partial charge in [-0.15, -0.1) is 0 Å². The Morgan fingerprint density at radius 3 is 2.40 bits per heavy atom. The summed E-state index contributed by atoms with van der Waals surface area (Å²) in [4.78, 5) is 14.4. The summed E-state index contributed by atoms with van der Waals surface area (Å²) in [6.07, 6.45) is 2.99. The second-order valence-electron chi connectivity index (χ2n) is 4.65. The Morgan fingerprint density at radius 2 is 1.85 bits per heavy atom. The van der Waals surface area contributed by atoms with Crippen LogP contribution >= 0.6 is 0 Å². The average molecular weight is 313 g/mol. The lowest BCUT2D eigenvalue weighted by Gasteiger charge is -2.22. The number of nitrogens with zero attached hydrogens (tertiary/aromatic N) is 1. The van der Waals surface area contributed by atoms with E-state index in [9.17, 15) is 9.00 Å². The number of amides is 1. The Morgan fingerprint density at radius 1 is 1.15 bits per heavy atom. The van der Waals surface area contributed by atoms with E-state index in [0.29, 0.717) is 16.0 Å². The predicted octanol–water partition coefficient (Wildman–Crippen LogP) is 3.57. The van der Waals surface area contributed by atoms with E-state index in [-0.39, 0.29) is 5.24 Å². The van der Waals surface area contributed by atoms with Crippen molar-refractivity contribution in [1.82, 2.24) is 4.90 Å². The maximum atomic E-state index is 12.5. The molecule has 0 aliphatic heterocycles. The smallest absolute Gasteiger partial charge is 0.288 e. The summed E-state index contributed by atoms with van der Waals surface area (Å²) >= 11 is 0. The Bertz CT molecular complexity index is 470. The molecular formula is C15H23NO2S2. The lowest BCUT2D eigenvalue weighted by molar-refractivity contribution is 0.222. The van der Waals surface area contributed by atoms with Gasteiger partial charge in [-0.25, -0.2) is 4.21 Å². The van der Waals surface area contributed by atoms with Gasteiger partial charge in [-0.2, -0.15) is 0 Å². The van der Waals surface area contributed by atoms with Gasteiger partial charge < -0.3 is 4.90 Å². The van der Waals surface area contributed by atoms with Crippen molar-refractivity contribution in [3.8, 4) is 0 Å². The molecule has 0 N–H and O–H groups in total. The van der Waals surface area contributed by atoms with Crippen LogP contribution in [0.3, 0.4) is 0 Å². The van der Waals surface area contributed by atoms with Crippen LogP contribution in [0.4, 0.5) is 4.79 Å². The van der Waals surface area contributed by atoms with Gasteiger partial charge in [0.15, 0.2) is 0 Å². The molecule has 0 aromatic heterocycles. The summed E-state index contributed by atoms with van der Waals surface area (Å²) in [5.41, 5.74) is 1.06. The zero-order valence-electron chi connectivity index (χ0n) is 12.2. The Balaban J connectivity index is 2.76. The van der Waals surface area contributed by atoms with Crippen LogP contribution in [-0.2, 0) is 25.4 Å². The first kappa shape index (κ1) is 17.1. The first-order chi connectivity index (χ1) is 9.72. The SMILES string of the molecule is CCCCN(CCC)C(=O)S(Cc1ccccc1)=S=O. The zero-order chi connectivity index (χ0) is 14.8. The van der Waals surface area contributed by atoms with Crippen LogP contribution in [0.5, 0.6) is 0 Å². The lowest BCUT2D eigenvalue weighted by atomic mass is 10.2. The quantitative estimate of drug-likeness (QED) is 0.772. The molecule has 0 aliphatic rings.